The second-order valence-corrected chi connectivity index (χ2v) is 7.54. The summed E-state index contributed by atoms with van der Waals surface area (Å²) >= 11 is 0. The maximum Gasteiger partial charge on any atom is 0.0314 e. The molecule has 0 aromatic heterocycles. The number of nitrogen functional groups attached to an aromatic ring is 2. The third kappa shape index (κ3) is 3.45. The van der Waals surface area contributed by atoms with E-state index in [1.54, 1.807) is 0 Å². The summed E-state index contributed by atoms with van der Waals surface area (Å²) in [5.41, 5.74) is 21.2. The largest absolute Gasteiger partial charge is 0.399 e. The van der Waals surface area contributed by atoms with Gasteiger partial charge in [0.1, 0.15) is 0 Å². The molecule has 0 spiro atoms. The number of rotatable bonds is 4. The zero-order chi connectivity index (χ0) is 18.8. The molecule has 0 aliphatic rings. The van der Waals surface area contributed by atoms with Crippen LogP contribution in [-0.4, -0.2) is 0 Å². The Labute approximate surface area is 156 Å². The molecule has 4 N–H and O–H groups in total. The molecule has 3 aromatic rings. The SMILES string of the molecule is CC(C)c1ccc(-c2ccc(N)cc2)c(C(C)C)c1-c1ccc(N)cc1. The third-order valence-electron chi connectivity index (χ3n) is 4.90. The van der Waals surface area contributed by atoms with Crippen LogP contribution in [0.4, 0.5) is 11.4 Å². The van der Waals surface area contributed by atoms with E-state index in [2.05, 4.69) is 64.1 Å². The van der Waals surface area contributed by atoms with Crippen LogP contribution in [0.1, 0.15) is 50.7 Å². The molecular weight excluding hydrogens is 316 g/mol. The third-order valence-corrected chi connectivity index (χ3v) is 4.90. The quantitative estimate of drug-likeness (QED) is 0.536. The Morgan fingerprint density at radius 2 is 1.08 bits per heavy atom. The van der Waals surface area contributed by atoms with Gasteiger partial charge in [0, 0.05) is 11.4 Å². The van der Waals surface area contributed by atoms with Gasteiger partial charge in [0.2, 0.25) is 0 Å². The Bertz CT molecular complexity index is 889. The Hall–Kier alpha value is -2.74. The predicted octanol–water partition coefficient (Wildman–Crippen LogP) is 6.43. The van der Waals surface area contributed by atoms with Crippen molar-refractivity contribution in [2.75, 3.05) is 11.5 Å². The average molecular weight is 345 g/mol. The first kappa shape index (κ1) is 18.1. The summed E-state index contributed by atoms with van der Waals surface area (Å²) in [7, 11) is 0. The van der Waals surface area contributed by atoms with Gasteiger partial charge in [0.05, 0.1) is 0 Å². The van der Waals surface area contributed by atoms with Crippen LogP contribution in [0.5, 0.6) is 0 Å². The molecule has 0 radical (unpaired) electrons. The van der Waals surface area contributed by atoms with Gasteiger partial charge in [-0.3, -0.25) is 0 Å². The second kappa shape index (κ2) is 7.25. The standard InChI is InChI=1S/C24H28N2/c1-15(2)21-13-14-22(17-5-9-19(25)10-6-17)23(16(3)4)24(21)18-7-11-20(26)12-8-18/h5-16H,25-26H2,1-4H3. The van der Waals surface area contributed by atoms with Gasteiger partial charge in [-0.25, -0.2) is 0 Å². The minimum atomic E-state index is 0.397. The molecule has 0 aliphatic heterocycles. The highest BCUT2D eigenvalue weighted by Crippen LogP contribution is 2.42. The van der Waals surface area contributed by atoms with Gasteiger partial charge in [-0.1, -0.05) is 64.1 Å². The smallest absolute Gasteiger partial charge is 0.0314 e. The summed E-state index contributed by atoms with van der Waals surface area (Å²) in [4.78, 5) is 0. The fourth-order valence-electron chi connectivity index (χ4n) is 3.60. The van der Waals surface area contributed by atoms with E-state index in [0.29, 0.717) is 11.8 Å². The minimum absolute atomic E-state index is 0.397. The summed E-state index contributed by atoms with van der Waals surface area (Å²) in [5, 5.41) is 0. The van der Waals surface area contributed by atoms with Crippen molar-refractivity contribution in [3.05, 3.63) is 71.8 Å². The van der Waals surface area contributed by atoms with Crippen LogP contribution in [0.15, 0.2) is 60.7 Å². The minimum Gasteiger partial charge on any atom is -0.399 e. The van der Waals surface area contributed by atoms with Crippen molar-refractivity contribution in [1.29, 1.82) is 0 Å². The number of anilines is 2. The van der Waals surface area contributed by atoms with E-state index in [-0.39, 0.29) is 0 Å². The van der Waals surface area contributed by atoms with Crippen molar-refractivity contribution in [1.82, 2.24) is 0 Å². The van der Waals surface area contributed by atoms with E-state index in [9.17, 15) is 0 Å². The lowest BCUT2D eigenvalue weighted by Gasteiger charge is -2.24. The first-order valence-corrected chi connectivity index (χ1v) is 9.27. The van der Waals surface area contributed by atoms with Crippen molar-refractivity contribution in [3.8, 4) is 22.3 Å². The van der Waals surface area contributed by atoms with Crippen molar-refractivity contribution in [3.63, 3.8) is 0 Å². The molecule has 0 fully saturated rings. The predicted molar refractivity (Wildman–Crippen MR) is 114 cm³/mol. The zero-order valence-electron chi connectivity index (χ0n) is 16.1. The molecule has 2 heteroatoms. The molecule has 3 rings (SSSR count). The molecule has 134 valence electrons. The number of nitrogens with two attached hydrogens (primary N) is 2. The molecule has 0 aliphatic carbocycles. The Morgan fingerprint density at radius 1 is 0.577 bits per heavy atom. The Morgan fingerprint density at radius 3 is 1.54 bits per heavy atom. The second-order valence-electron chi connectivity index (χ2n) is 7.54. The molecule has 0 bridgehead atoms. The first-order chi connectivity index (χ1) is 12.4. The maximum atomic E-state index is 5.92. The van der Waals surface area contributed by atoms with Crippen molar-refractivity contribution < 1.29 is 0 Å². The molecule has 0 heterocycles. The molecule has 0 amide bonds. The van der Waals surface area contributed by atoms with E-state index in [1.165, 1.54) is 33.4 Å². The average Bonchev–Trinajstić information content (AvgIpc) is 2.61. The van der Waals surface area contributed by atoms with Crippen molar-refractivity contribution in [2.45, 2.75) is 39.5 Å². The van der Waals surface area contributed by atoms with Crippen LogP contribution in [0.2, 0.25) is 0 Å². The summed E-state index contributed by atoms with van der Waals surface area (Å²) in [6, 6.07) is 20.9. The van der Waals surface area contributed by atoms with Crippen LogP contribution in [0.3, 0.4) is 0 Å². The van der Waals surface area contributed by atoms with Gasteiger partial charge in [0.25, 0.3) is 0 Å². The van der Waals surface area contributed by atoms with E-state index >= 15 is 0 Å². The molecule has 26 heavy (non-hydrogen) atoms. The normalized spacial score (nSPS) is 11.3. The number of benzene rings is 3. The fourth-order valence-corrected chi connectivity index (χ4v) is 3.60. The van der Waals surface area contributed by atoms with Gasteiger partial charge in [-0.2, -0.15) is 0 Å². The van der Waals surface area contributed by atoms with E-state index in [0.717, 1.165) is 11.4 Å². The van der Waals surface area contributed by atoms with E-state index < -0.39 is 0 Å². The lowest BCUT2D eigenvalue weighted by Crippen LogP contribution is -2.03. The topological polar surface area (TPSA) is 52.0 Å². The molecule has 2 nitrogen and oxygen atoms in total. The Kier molecular flexibility index (Phi) is 5.03. The summed E-state index contributed by atoms with van der Waals surface area (Å²) in [6.07, 6.45) is 0. The molecule has 3 aromatic carbocycles. The van der Waals surface area contributed by atoms with Crippen LogP contribution >= 0.6 is 0 Å². The van der Waals surface area contributed by atoms with E-state index in [1.807, 2.05) is 24.3 Å². The van der Waals surface area contributed by atoms with Crippen molar-refractivity contribution in [2.24, 2.45) is 0 Å². The van der Waals surface area contributed by atoms with Crippen LogP contribution in [0.25, 0.3) is 22.3 Å². The Balaban J connectivity index is 2.33. The number of hydrogen-bond acceptors (Lipinski definition) is 2. The van der Waals surface area contributed by atoms with Gasteiger partial charge in [-0.15, -0.1) is 0 Å². The molecule has 0 unspecified atom stereocenters. The maximum absolute atomic E-state index is 5.92. The highest BCUT2D eigenvalue weighted by atomic mass is 14.5. The number of hydrogen-bond donors (Lipinski definition) is 2. The highest BCUT2D eigenvalue weighted by molar-refractivity contribution is 5.82. The summed E-state index contributed by atoms with van der Waals surface area (Å²) < 4.78 is 0. The van der Waals surface area contributed by atoms with Gasteiger partial charge in [-0.05, 0) is 69.5 Å². The first-order valence-electron chi connectivity index (χ1n) is 9.27. The monoisotopic (exact) mass is 344 g/mol. The molecule has 0 atom stereocenters. The summed E-state index contributed by atoms with van der Waals surface area (Å²) in [6.45, 7) is 9.04. The van der Waals surface area contributed by atoms with Crippen LogP contribution in [0, 0.1) is 0 Å². The molecule has 0 saturated heterocycles. The molecular formula is C24H28N2. The summed E-state index contributed by atoms with van der Waals surface area (Å²) in [5.74, 6) is 0.842. The highest BCUT2D eigenvalue weighted by Gasteiger charge is 2.20. The fraction of sp³-hybridized carbons (Fsp3) is 0.250. The van der Waals surface area contributed by atoms with E-state index in [4.69, 9.17) is 11.5 Å². The van der Waals surface area contributed by atoms with Crippen LogP contribution < -0.4 is 11.5 Å². The van der Waals surface area contributed by atoms with Gasteiger partial charge >= 0.3 is 0 Å². The zero-order valence-corrected chi connectivity index (χ0v) is 16.1. The molecule has 0 saturated carbocycles. The van der Waals surface area contributed by atoms with Gasteiger partial charge in [0.15, 0.2) is 0 Å². The van der Waals surface area contributed by atoms with Crippen LogP contribution in [-0.2, 0) is 0 Å². The van der Waals surface area contributed by atoms with Gasteiger partial charge < -0.3 is 11.5 Å². The lowest BCUT2D eigenvalue weighted by atomic mass is 9.80. The van der Waals surface area contributed by atoms with Crippen molar-refractivity contribution >= 4 is 11.4 Å². The lowest BCUT2D eigenvalue weighted by molar-refractivity contribution is 0.839.